The fourth-order valence-electron chi connectivity index (χ4n) is 2.02. The predicted molar refractivity (Wildman–Crippen MR) is 72.6 cm³/mol. The Morgan fingerprint density at radius 2 is 1.95 bits per heavy atom. The smallest absolute Gasteiger partial charge is 0.261 e. The van der Waals surface area contributed by atoms with Gasteiger partial charge in [-0.15, -0.1) is 0 Å². The predicted octanol–water partition coefficient (Wildman–Crippen LogP) is 1.03. The Morgan fingerprint density at radius 3 is 2.70 bits per heavy atom. The molecule has 1 aliphatic rings. The molecule has 2 heterocycles. The SMILES string of the molecule is CN1C(=O)c2ccc(Nc3ncncc3N)cc2C1=O. The largest absolute Gasteiger partial charge is 0.394 e. The van der Waals surface area contributed by atoms with Gasteiger partial charge < -0.3 is 11.1 Å². The quantitative estimate of drug-likeness (QED) is 0.789. The Kier molecular flexibility index (Phi) is 2.60. The third-order valence-corrected chi connectivity index (χ3v) is 3.09. The molecule has 0 spiro atoms. The van der Waals surface area contributed by atoms with Gasteiger partial charge in [-0.05, 0) is 18.2 Å². The minimum absolute atomic E-state index is 0.293. The first-order valence-corrected chi connectivity index (χ1v) is 5.87. The van der Waals surface area contributed by atoms with E-state index in [1.807, 2.05) is 0 Å². The van der Waals surface area contributed by atoms with Gasteiger partial charge in [0.2, 0.25) is 0 Å². The fraction of sp³-hybridized carbons (Fsp3) is 0.0769. The molecule has 1 aromatic carbocycles. The van der Waals surface area contributed by atoms with Gasteiger partial charge in [-0.1, -0.05) is 0 Å². The van der Waals surface area contributed by atoms with Gasteiger partial charge in [-0.2, -0.15) is 0 Å². The van der Waals surface area contributed by atoms with E-state index in [-0.39, 0.29) is 11.8 Å². The lowest BCUT2D eigenvalue weighted by Crippen LogP contribution is -2.24. The number of nitrogens with two attached hydrogens (primary N) is 1. The van der Waals surface area contributed by atoms with Crippen LogP contribution in [0.3, 0.4) is 0 Å². The van der Waals surface area contributed by atoms with Crippen LogP contribution in [0.1, 0.15) is 20.7 Å². The van der Waals surface area contributed by atoms with Gasteiger partial charge >= 0.3 is 0 Å². The van der Waals surface area contributed by atoms with Crippen molar-refractivity contribution in [3.05, 3.63) is 41.9 Å². The molecule has 7 heteroatoms. The van der Waals surface area contributed by atoms with Crippen molar-refractivity contribution in [1.82, 2.24) is 14.9 Å². The van der Waals surface area contributed by atoms with Crippen LogP contribution in [-0.2, 0) is 0 Å². The molecule has 3 N–H and O–H groups in total. The second-order valence-electron chi connectivity index (χ2n) is 4.38. The van der Waals surface area contributed by atoms with Gasteiger partial charge in [0, 0.05) is 12.7 Å². The zero-order chi connectivity index (χ0) is 14.3. The zero-order valence-corrected chi connectivity index (χ0v) is 10.6. The number of nitrogens with one attached hydrogen (secondary N) is 1. The van der Waals surface area contributed by atoms with E-state index in [1.54, 1.807) is 18.2 Å². The molecule has 0 unspecified atom stereocenters. The molecule has 1 aliphatic heterocycles. The van der Waals surface area contributed by atoms with Gasteiger partial charge in [0.25, 0.3) is 11.8 Å². The van der Waals surface area contributed by atoms with Crippen molar-refractivity contribution >= 4 is 29.0 Å². The summed E-state index contributed by atoms with van der Waals surface area (Å²) in [6.45, 7) is 0. The number of hydrogen-bond acceptors (Lipinski definition) is 6. The second kappa shape index (κ2) is 4.30. The summed E-state index contributed by atoms with van der Waals surface area (Å²) in [4.78, 5) is 32.6. The maximum atomic E-state index is 11.9. The molecule has 100 valence electrons. The Labute approximate surface area is 114 Å². The molecule has 2 aromatic rings. The summed E-state index contributed by atoms with van der Waals surface area (Å²) in [5.74, 6) is -0.160. The first kappa shape index (κ1) is 12.1. The van der Waals surface area contributed by atoms with E-state index >= 15 is 0 Å². The molecule has 3 rings (SSSR count). The van der Waals surface area contributed by atoms with Crippen LogP contribution in [0.15, 0.2) is 30.7 Å². The summed E-state index contributed by atoms with van der Waals surface area (Å²) in [7, 11) is 1.46. The van der Waals surface area contributed by atoms with E-state index in [0.29, 0.717) is 28.3 Å². The van der Waals surface area contributed by atoms with Crippen LogP contribution in [0.4, 0.5) is 17.2 Å². The number of rotatable bonds is 2. The van der Waals surface area contributed by atoms with Crippen molar-refractivity contribution in [3.63, 3.8) is 0 Å². The Hall–Kier alpha value is -2.96. The van der Waals surface area contributed by atoms with Crippen LogP contribution in [0.25, 0.3) is 0 Å². The molecule has 0 saturated carbocycles. The molecule has 2 amide bonds. The average molecular weight is 269 g/mol. The number of carbonyl (C=O) groups is 2. The summed E-state index contributed by atoms with van der Waals surface area (Å²) in [5.41, 5.74) is 7.53. The molecular formula is C13H11N5O2. The van der Waals surface area contributed by atoms with Crippen molar-refractivity contribution in [2.75, 3.05) is 18.1 Å². The van der Waals surface area contributed by atoms with Gasteiger partial charge in [-0.25, -0.2) is 9.97 Å². The van der Waals surface area contributed by atoms with Gasteiger partial charge in [0.1, 0.15) is 6.33 Å². The zero-order valence-electron chi connectivity index (χ0n) is 10.6. The number of fused-ring (bicyclic) bond motifs is 1. The molecule has 7 nitrogen and oxygen atoms in total. The fourth-order valence-corrected chi connectivity index (χ4v) is 2.02. The van der Waals surface area contributed by atoms with Gasteiger partial charge in [0.05, 0.1) is 23.0 Å². The van der Waals surface area contributed by atoms with Crippen LogP contribution < -0.4 is 11.1 Å². The number of nitrogen functional groups attached to an aromatic ring is 1. The summed E-state index contributed by atoms with van der Waals surface area (Å²) >= 11 is 0. The summed E-state index contributed by atoms with van der Waals surface area (Å²) in [6.07, 6.45) is 2.85. The van der Waals surface area contributed by atoms with E-state index in [4.69, 9.17) is 5.73 Å². The molecule has 0 bridgehead atoms. The minimum Gasteiger partial charge on any atom is -0.394 e. The normalized spacial score (nSPS) is 13.6. The van der Waals surface area contributed by atoms with Crippen molar-refractivity contribution in [1.29, 1.82) is 0 Å². The van der Waals surface area contributed by atoms with Crippen molar-refractivity contribution in [2.45, 2.75) is 0 Å². The van der Waals surface area contributed by atoms with Crippen LogP contribution in [0, 0.1) is 0 Å². The highest BCUT2D eigenvalue weighted by Crippen LogP contribution is 2.27. The second-order valence-corrected chi connectivity index (χ2v) is 4.38. The number of imide groups is 1. The lowest BCUT2D eigenvalue weighted by atomic mass is 10.1. The average Bonchev–Trinajstić information content (AvgIpc) is 2.66. The monoisotopic (exact) mass is 269 g/mol. The van der Waals surface area contributed by atoms with E-state index in [2.05, 4.69) is 15.3 Å². The van der Waals surface area contributed by atoms with Crippen molar-refractivity contribution in [3.8, 4) is 0 Å². The lowest BCUT2D eigenvalue weighted by molar-refractivity contribution is 0.0693. The highest BCUT2D eigenvalue weighted by atomic mass is 16.2. The highest BCUT2D eigenvalue weighted by molar-refractivity contribution is 6.21. The van der Waals surface area contributed by atoms with E-state index in [0.717, 1.165) is 4.90 Å². The maximum Gasteiger partial charge on any atom is 0.261 e. The number of aromatic nitrogens is 2. The van der Waals surface area contributed by atoms with Crippen LogP contribution in [0.5, 0.6) is 0 Å². The minimum atomic E-state index is -0.315. The molecule has 0 radical (unpaired) electrons. The van der Waals surface area contributed by atoms with Crippen LogP contribution in [-0.4, -0.2) is 33.7 Å². The maximum absolute atomic E-state index is 11.9. The molecule has 20 heavy (non-hydrogen) atoms. The third-order valence-electron chi connectivity index (χ3n) is 3.09. The summed E-state index contributed by atoms with van der Waals surface area (Å²) < 4.78 is 0. The van der Waals surface area contributed by atoms with E-state index < -0.39 is 0 Å². The number of nitrogens with zero attached hydrogens (tertiary/aromatic N) is 3. The van der Waals surface area contributed by atoms with Crippen LogP contribution in [0.2, 0.25) is 0 Å². The van der Waals surface area contributed by atoms with Gasteiger partial charge in [0.15, 0.2) is 5.82 Å². The highest BCUT2D eigenvalue weighted by Gasteiger charge is 2.32. The Balaban J connectivity index is 1.97. The molecule has 0 aliphatic carbocycles. The van der Waals surface area contributed by atoms with Gasteiger partial charge in [-0.3, -0.25) is 14.5 Å². The number of carbonyl (C=O) groups excluding carboxylic acids is 2. The third kappa shape index (κ3) is 1.76. The standard InChI is InChI=1S/C13H11N5O2/c1-18-12(19)8-3-2-7(4-9(8)13(18)20)17-11-10(14)5-15-6-16-11/h2-6H,14H2,1H3,(H,15,16,17). The molecule has 1 aromatic heterocycles. The van der Waals surface area contributed by atoms with Crippen molar-refractivity contribution in [2.24, 2.45) is 0 Å². The molecule has 0 atom stereocenters. The first-order chi connectivity index (χ1) is 9.58. The van der Waals surface area contributed by atoms with E-state index in [1.165, 1.54) is 19.6 Å². The lowest BCUT2D eigenvalue weighted by Gasteiger charge is -2.08. The summed E-state index contributed by atoms with van der Waals surface area (Å²) in [6, 6.07) is 4.92. The Morgan fingerprint density at radius 1 is 1.20 bits per heavy atom. The summed E-state index contributed by atoms with van der Waals surface area (Å²) in [5, 5.41) is 2.99. The molecular weight excluding hydrogens is 258 g/mol. The number of anilines is 3. The van der Waals surface area contributed by atoms with Crippen LogP contribution >= 0.6 is 0 Å². The number of hydrogen-bond donors (Lipinski definition) is 2. The Bertz CT molecular complexity index is 728. The molecule has 0 fully saturated rings. The number of benzene rings is 1. The molecule has 0 saturated heterocycles. The first-order valence-electron chi connectivity index (χ1n) is 5.87. The van der Waals surface area contributed by atoms with Crippen molar-refractivity contribution < 1.29 is 9.59 Å². The topological polar surface area (TPSA) is 101 Å². The number of amides is 2. The van der Waals surface area contributed by atoms with E-state index in [9.17, 15) is 9.59 Å².